The molecule has 8 rings (SSSR count). The Morgan fingerprint density at radius 2 is 1.64 bits per heavy atom. The number of amides is 2. The van der Waals surface area contributed by atoms with Crippen LogP contribution in [0.2, 0.25) is 5.02 Å². The molecule has 3 aromatic carbocycles. The Bertz CT molecular complexity index is 2830. The van der Waals surface area contributed by atoms with Crippen molar-refractivity contribution in [1.82, 2.24) is 60.2 Å². The van der Waals surface area contributed by atoms with Crippen molar-refractivity contribution in [3.8, 4) is 34.3 Å². The number of piperidine rings is 1. The Kier molecular flexibility index (Phi) is 14.9. The summed E-state index contributed by atoms with van der Waals surface area (Å²) in [6.45, 7) is 19.8. The number of hydrogen-bond donors (Lipinski definition) is 5. The first-order valence-electron chi connectivity index (χ1n) is 23.5. The maximum atomic E-state index is 13.1. The second-order valence-corrected chi connectivity index (χ2v) is 20.7. The van der Waals surface area contributed by atoms with Gasteiger partial charge in [0.15, 0.2) is 11.6 Å². The molecule has 0 unspecified atom stereocenters. The van der Waals surface area contributed by atoms with E-state index < -0.39 is 23.1 Å². The largest absolute Gasteiger partial charge is 0.508 e. The maximum absolute atomic E-state index is 13.1. The third-order valence-electron chi connectivity index (χ3n) is 12.3. The monoisotopic (exact) mass is 992 g/mol. The van der Waals surface area contributed by atoms with E-state index in [9.17, 15) is 19.8 Å². The molecular weight excluding hydrogens is 932 g/mol. The lowest BCUT2D eigenvalue weighted by atomic mass is 9.90. The quantitative estimate of drug-likeness (QED) is 0.0728. The number of carbonyl (C=O) groups excluding carboxylic acids is 2. The predicted molar refractivity (Wildman–Crippen MR) is 269 cm³/mol. The minimum absolute atomic E-state index is 0.0122. The van der Waals surface area contributed by atoms with Gasteiger partial charge in [-0.2, -0.15) is 0 Å². The molecule has 0 aliphatic carbocycles. The highest BCUT2D eigenvalue weighted by Gasteiger charge is 2.34. The van der Waals surface area contributed by atoms with Gasteiger partial charge in [-0.05, 0) is 94.8 Å². The highest BCUT2D eigenvalue weighted by atomic mass is 35.5. The van der Waals surface area contributed by atoms with Gasteiger partial charge in [-0.3, -0.25) is 19.2 Å². The van der Waals surface area contributed by atoms with Crippen LogP contribution in [0.15, 0.2) is 76.9 Å². The number of nitrogen functional groups attached to an aromatic ring is 1. The van der Waals surface area contributed by atoms with Crippen LogP contribution in [-0.2, 0) is 17.8 Å². The van der Waals surface area contributed by atoms with Crippen molar-refractivity contribution in [1.29, 1.82) is 0 Å². The summed E-state index contributed by atoms with van der Waals surface area (Å²) in [5.74, 6) is 0.757. The van der Waals surface area contributed by atoms with E-state index in [1.165, 1.54) is 17.8 Å². The highest BCUT2D eigenvalue weighted by molar-refractivity contribution is 7.99. The number of aromatic nitrogens is 8. The summed E-state index contributed by atoms with van der Waals surface area (Å²) in [6.07, 6.45) is 4.64. The average molecular weight is 994 g/mol. The number of aromatic hydroxyl groups is 2. The molecular formula is C49H61ClN14O5S. The van der Waals surface area contributed by atoms with Crippen molar-refractivity contribution in [3.05, 3.63) is 94.7 Å². The van der Waals surface area contributed by atoms with Gasteiger partial charge in [0.05, 0.1) is 34.4 Å². The van der Waals surface area contributed by atoms with Crippen molar-refractivity contribution in [2.75, 3.05) is 56.4 Å². The van der Waals surface area contributed by atoms with Crippen LogP contribution >= 0.6 is 23.4 Å². The molecule has 19 nitrogen and oxygen atoms in total. The molecule has 0 saturated carbocycles. The van der Waals surface area contributed by atoms with Crippen LogP contribution in [-0.4, -0.2) is 129 Å². The third kappa shape index (κ3) is 11.6. The number of anilines is 2. The Morgan fingerprint density at radius 3 is 2.30 bits per heavy atom. The van der Waals surface area contributed by atoms with Gasteiger partial charge < -0.3 is 36.2 Å². The maximum Gasteiger partial charge on any atom is 0.408 e. The smallest absolute Gasteiger partial charge is 0.408 e. The standard InChI is InChI=1S/C49H61ClN14O5S/c1-8-52-45(67)44-58-57-43(35-24-34(30(2)3)37(65)25-38(35)66)64(44)33-14-12-31(13-15-33)27-60-20-22-61(23-21-60)28-32-29-63(59-56-32)36-10-9-11-39(41(36)50)70-46-42(51)54-40(26-53-46)62-18-16-49(7,17-19-62)55-47(68)69-48(4,5)6/h9-15,24-26,29-30,65-66H,8,16-23,27-28H2,1-7H3,(H2,51,54)(H,52,67)(H,55,68). The minimum Gasteiger partial charge on any atom is -0.508 e. The number of alkyl carbamates (subject to hydrolysis) is 1. The fourth-order valence-electron chi connectivity index (χ4n) is 8.53. The van der Waals surface area contributed by atoms with Crippen molar-refractivity contribution in [2.24, 2.45) is 0 Å². The number of rotatable bonds is 14. The molecule has 370 valence electrons. The second kappa shape index (κ2) is 20.9. The number of halogens is 1. The van der Waals surface area contributed by atoms with Gasteiger partial charge in [-0.25, -0.2) is 19.4 Å². The van der Waals surface area contributed by atoms with E-state index in [2.05, 4.69) is 50.8 Å². The summed E-state index contributed by atoms with van der Waals surface area (Å²) in [6, 6.07) is 16.6. The first-order chi connectivity index (χ1) is 33.4. The van der Waals surface area contributed by atoms with E-state index in [1.807, 2.05) is 97.1 Å². The lowest BCUT2D eigenvalue weighted by Crippen LogP contribution is -2.54. The van der Waals surface area contributed by atoms with Crippen molar-refractivity contribution < 1.29 is 24.5 Å². The van der Waals surface area contributed by atoms with Gasteiger partial charge in [0, 0.05) is 81.1 Å². The Morgan fingerprint density at radius 1 is 0.943 bits per heavy atom. The molecule has 5 heterocycles. The molecule has 2 aliphatic heterocycles. The van der Waals surface area contributed by atoms with Gasteiger partial charge >= 0.3 is 6.09 Å². The highest BCUT2D eigenvalue weighted by Crippen LogP contribution is 2.40. The van der Waals surface area contributed by atoms with Crippen LogP contribution in [0.25, 0.3) is 22.8 Å². The van der Waals surface area contributed by atoms with Crippen molar-refractivity contribution in [2.45, 2.75) is 101 Å². The normalized spacial score (nSPS) is 15.6. The van der Waals surface area contributed by atoms with Gasteiger partial charge in [0.2, 0.25) is 5.82 Å². The van der Waals surface area contributed by atoms with Gasteiger partial charge in [0.25, 0.3) is 5.91 Å². The lowest BCUT2D eigenvalue weighted by Gasteiger charge is -2.40. The molecule has 2 aliphatic rings. The first kappa shape index (κ1) is 49.9. The average Bonchev–Trinajstić information content (AvgIpc) is 3.96. The summed E-state index contributed by atoms with van der Waals surface area (Å²) >= 11 is 8.34. The van der Waals surface area contributed by atoms with E-state index >= 15 is 0 Å². The number of nitrogens with two attached hydrogens (primary N) is 1. The van der Waals surface area contributed by atoms with E-state index in [0.29, 0.717) is 83.2 Å². The van der Waals surface area contributed by atoms with E-state index in [4.69, 9.17) is 27.1 Å². The van der Waals surface area contributed by atoms with Crippen LogP contribution in [0.3, 0.4) is 0 Å². The Hall–Kier alpha value is -6.48. The zero-order valence-corrected chi connectivity index (χ0v) is 42.2. The SMILES string of the molecule is CCNC(=O)c1nnc(-c2cc(C(C)C)c(O)cc2O)n1-c1ccc(CN2CCN(Cc3cn(-c4cccc(Sc5ncc(N6CCC(C)(NC(=O)OC(C)(C)C)CC6)nc5N)c4Cl)nn3)CC2)cc1. The number of benzene rings is 3. The van der Waals surface area contributed by atoms with E-state index in [1.54, 1.807) is 21.5 Å². The second-order valence-electron chi connectivity index (χ2n) is 19.3. The summed E-state index contributed by atoms with van der Waals surface area (Å²) < 4.78 is 8.81. The van der Waals surface area contributed by atoms with Gasteiger partial charge in [-0.15, -0.1) is 15.3 Å². The van der Waals surface area contributed by atoms with Crippen LogP contribution in [0.4, 0.5) is 16.4 Å². The molecule has 0 spiro atoms. The molecule has 0 bridgehead atoms. The van der Waals surface area contributed by atoms with Crippen LogP contribution in [0.5, 0.6) is 11.5 Å². The Balaban J connectivity index is 0.853. The molecule has 3 aromatic heterocycles. The zero-order valence-electron chi connectivity index (χ0n) is 40.6. The molecule has 0 radical (unpaired) electrons. The van der Waals surface area contributed by atoms with Gasteiger partial charge in [0.1, 0.15) is 27.9 Å². The lowest BCUT2D eigenvalue weighted by molar-refractivity contribution is 0.0448. The zero-order chi connectivity index (χ0) is 49.9. The number of phenolic OH excluding ortho intramolecular Hbond substituents is 2. The molecule has 6 aromatic rings. The summed E-state index contributed by atoms with van der Waals surface area (Å²) in [5.41, 5.74) is 9.78. The number of carbonyl (C=O) groups is 2. The fraction of sp³-hybridized carbons (Fsp3) is 0.429. The number of ether oxygens (including phenoxy) is 1. The molecule has 21 heteroatoms. The number of hydrogen-bond acceptors (Lipinski definition) is 16. The third-order valence-corrected chi connectivity index (χ3v) is 13.9. The van der Waals surface area contributed by atoms with Crippen LogP contribution in [0.1, 0.15) is 94.7 Å². The van der Waals surface area contributed by atoms with Crippen molar-refractivity contribution in [3.63, 3.8) is 0 Å². The fourth-order valence-corrected chi connectivity index (χ4v) is 9.67. The number of phenols is 2. The minimum atomic E-state index is -0.567. The van der Waals surface area contributed by atoms with Crippen LogP contribution in [0, 0.1) is 0 Å². The molecule has 2 saturated heterocycles. The van der Waals surface area contributed by atoms with E-state index in [0.717, 1.165) is 48.9 Å². The number of nitrogens with zero attached hydrogens (tertiary/aromatic N) is 11. The summed E-state index contributed by atoms with van der Waals surface area (Å²) in [5, 5.41) is 45.8. The molecule has 2 fully saturated rings. The molecule has 0 atom stereocenters. The van der Waals surface area contributed by atoms with Crippen molar-refractivity contribution >= 4 is 47.0 Å². The van der Waals surface area contributed by atoms with Crippen LogP contribution < -0.4 is 21.3 Å². The number of piperazine rings is 1. The predicted octanol–water partition coefficient (Wildman–Crippen LogP) is 7.18. The summed E-state index contributed by atoms with van der Waals surface area (Å²) in [7, 11) is 0. The number of nitrogens with one attached hydrogen (secondary N) is 2. The topological polar surface area (TPSA) is 231 Å². The Labute approximate surface area is 416 Å². The summed E-state index contributed by atoms with van der Waals surface area (Å²) in [4.78, 5) is 42.6. The first-order valence-corrected chi connectivity index (χ1v) is 24.7. The van der Waals surface area contributed by atoms with Gasteiger partial charge in [-0.1, -0.05) is 60.6 Å². The molecule has 70 heavy (non-hydrogen) atoms. The molecule has 2 amide bonds. The molecule has 6 N–H and O–H groups in total. The van der Waals surface area contributed by atoms with E-state index in [-0.39, 0.29) is 29.1 Å².